The monoisotopic (exact) mass is 305 g/mol. The van der Waals surface area contributed by atoms with Gasteiger partial charge in [-0.15, -0.1) is 0 Å². The predicted molar refractivity (Wildman–Crippen MR) is 78.7 cm³/mol. The van der Waals surface area contributed by atoms with E-state index < -0.39 is 24.1 Å². The van der Waals surface area contributed by atoms with Crippen LogP contribution in [-0.4, -0.2) is 42.5 Å². The van der Waals surface area contributed by atoms with Gasteiger partial charge >= 0.3 is 6.09 Å². The number of amides is 3. The van der Waals surface area contributed by atoms with Gasteiger partial charge in [0.15, 0.2) is 0 Å². The molecule has 0 bridgehead atoms. The summed E-state index contributed by atoms with van der Waals surface area (Å²) in [5.74, 6) is -0.895. The summed E-state index contributed by atoms with van der Waals surface area (Å²) in [7, 11) is 1.23. The lowest BCUT2D eigenvalue weighted by molar-refractivity contribution is -0.139. The van der Waals surface area contributed by atoms with E-state index in [4.69, 9.17) is 5.73 Å². The molecule has 0 radical (unpaired) electrons. The number of hydrogen-bond acceptors (Lipinski definition) is 4. The molecule has 1 saturated heterocycles. The number of hydrogen-bond donors (Lipinski definition) is 2. The second-order valence-corrected chi connectivity index (χ2v) is 5.07. The van der Waals surface area contributed by atoms with E-state index in [1.165, 1.54) is 12.0 Å². The molecule has 1 aliphatic rings. The lowest BCUT2D eigenvalue weighted by Crippen LogP contribution is -2.49. The third kappa shape index (κ3) is 3.36. The number of methoxy groups -OCH3 is 1. The number of ether oxygens (including phenoxy) is 1. The first-order valence-electron chi connectivity index (χ1n) is 7.04. The molecule has 2 atom stereocenters. The fraction of sp³-hybridized carbons (Fsp3) is 0.400. The van der Waals surface area contributed by atoms with E-state index in [1.54, 1.807) is 24.3 Å². The standard InChI is InChI=1S/C15H19N3O4/c1-22-15(21)17-12(10-6-3-2-4-7-10)14(20)18-9-5-8-11(18)13(16)19/h2-4,6-7,11-12H,5,8-9H2,1H3,(H2,16,19)(H,17,21)/t11-,12+/m0/s1. The van der Waals surface area contributed by atoms with Crippen molar-refractivity contribution in [3.8, 4) is 0 Å². The third-order valence-electron chi connectivity index (χ3n) is 3.69. The van der Waals surface area contributed by atoms with Crippen LogP contribution in [0.5, 0.6) is 0 Å². The molecule has 1 heterocycles. The molecule has 0 spiro atoms. The normalized spacial score (nSPS) is 18.6. The van der Waals surface area contributed by atoms with Crippen molar-refractivity contribution in [1.82, 2.24) is 10.2 Å². The highest BCUT2D eigenvalue weighted by atomic mass is 16.5. The molecule has 1 aromatic carbocycles. The maximum Gasteiger partial charge on any atom is 0.407 e. The zero-order valence-electron chi connectivity index (χ0n) is 12.3. The van der Waals surface area contributed by atoms with Gasteiger partial charge in [0.25, 0.3) is 5.91 Å². The van der Waals surface area contributed by atoms with E-state index in [0.29, 0.717) is 24.9 Å². The molecule has 118 valence electrons. The summed E-state index contributed by atoms with van der Waals surface area (Å²) >= 11 is 0. The van der Waals surface area contributed by atoms with Gasteiger partial charge < -0.3 is 20.7 Å². The average Bonchev–Trinajstić information content (AvgIpc) is 3.02. The van der Waals surface area contributed by atoms with E-state index in [1.807, 2.05) is 6.07 Å². The van der Waals surface area contributed by atoms with Gasteiger partial charge in [-0.2, -0.15) is 0 Å². The number of nitrogens with two attached hydrogens (primary N) is 1. The molecule has 7 heteroatoms. The van der Waals surface area contributed by atoms with Crippen molar-refractivity contribution in [2.24, 2.45) is 5.73 Å². The maximum absolute atomic E-state index is 12.8. The van der Waals surface area contributed by atoms with Crippen LogP contribution in [0.25, 0.3) is 0 Å². The van der Waals surface area contributed by atoms with E-state index >= 15 is 0 Å². The number of likely N-dealkylation sites (tertiary alicyclic amines) is 1. The number of benzene rings is 1. The first-order chi connectivity index (χ1) is 10.5. The van der Waals surface area contributed by atoms with Gasteiger partial charge in [-0.25, -0.2) is 4.79 Å². The molecule has 7 nitrogen and oxygen atoms in total. The molecular weight excluding hydrogens is 286 g/mol. The van der Waals surface area contributed by atoms with Crippen LogP contribution >= 0.6 is 0 Å². The van der Waals surface area contributed by atoms with E-state index in [9.17, 15) is 14.4 Å². The van der Waals surface area contributed by atoms with Crippen molar-refractivity contribution in [2.75, 3.05) is 13.7 Å². The van der Waals surface area contributed by atoms with Crippen molar-refractivity contribution in [3.63, 3.8) is 0 Å². The van der Waals surface area contributed by atoms with Crippen molar-refractivity contribution in [2.45, 2.75) is 24.9 Å². The van der Waals surface area contributed by atoms with Crippen LogP contribution in [-0.2, 0) is 14.3 Å². The van der Waals surface area contributed by atoms with Gasteiger partial charge in [-0.3, -0.25) is 9.59 Å². The highest BCUT2D eigenvalue weighted by Gasteiger charge is 2.37. The summed E-state index contributed by atoms with van der Waals surface area (Å²) in [5, 5.41) is 2.51. The molecule has 0 unspecified atom stereocenters. The topological polar surface area (TPSA) is 102 Å². The van der Waals surface area contributed by atoms with Gasteiger partial charge in [-0.1, -0.05) is 30.3 Å². The molecule has 3 N–H and O–H groups in total. The molecule has 2 rings (SSSR count). The lowest BCUT2D eigenvalue weighted by Gasteiger charge is -2.27. The SMILES string of the molecule is COC(=O)N[C@@H](C(=O)N1CCC[C@H]1C(N)=O)c1ccccc1. The third-order valence-corrected chi connectivity index (χ3v) is 3.69. The van der Waals surface area contributed by atoms with Gasteiger partial charge in [0.1, 0.15) is 12.1 Å². The number of primary amides is 1. The van der Waals surface area contributed by atoms with Gasteiger partial charge in [-0.05, 0) is 18.4 Å². The number of carbonyl (C=O) groups excluding carboxylic acids is 3. The Bertz CT molecular complexity index is 561. The molecule has 22 heavy (non-hydrogen) atoms. The van der Waals surface area contributed by atoms with Crippen LogP contribution < -0.4 is 11.1 Å². The molecule has 0 saturated carbocycles. The first-order valence-corrected chi connectivity index (χ1v) is 7.04. The molecule has 1 fully saturated rings. The smallest absolute Gasteiger partial charge is 0.407 e. The van der Waals surface area contributed by atoms with Crippen LogP contribution in [0.3, 0.4) is 0 Å². The summed E-state index contributed by atoms with van der Waals surface area (Å²) in [5.41, 5.74) is 5.97. The van der Waals surface area contributed by atoms with Crippen molar-refractivity contribution < 1.29 is 19.1 Å². The molecule has 1 aliphatic heterocycles. The van der Waals surface area contributed by atoms with Gasteiger partial charge in [0.05, 0.1) is 7.11 Å². The van der Waals surface area contributed by atoms with Crippen molar-refractivity contribution in [1.29, 1.82) is 0 Å². The molecule has 0 aromatic heterocycles. The summed E-state index contributed by atoms with van der Waals surface area (Å²) in [4.78, 5) is 37.2. The van der Waals surface area contributed by atoms with Gasteiger partial charge in [0.2, 0.25) is 5.91 Å². The zero-order valence-corrected chi connectivity index (χ0v) is 12.3. The predicted octanol–water partition coefficient (Wildman–Crippen LogP) is 0.560. The van der Waals surface area contributed by atoms with Gasteiger partial charge in [0, 0.05) is 6.54 Å². The second-order valence-electron chi connectivity index (χ2n) is 5.07. The fourth-order valence-corrected chi connectivity index (χ4v) is 2.60. The minimum atomic E-state index is -0.909. The minimum absolute atomic E-state index is 0.363. The maximum atomic E-state index is 12.8. The first kappa shape index (κ1) is 15.8. The number of rotatable bonds is 4. The van der Waals surface area contributed by atoms with Crippen LogP contribution in [0.4, 0.5) is 4.79 Å². The highest BCUT2D eigenvalue weighted by Crippen LogP contribution is 2.23. The van der Waals surface area contributed by atoms with Crippen LogP contribution in [0.1, 0.15) is 24.4 Å². The Morgan fingerprint density at radius 1 is 1.32 bits per heavy atom. The van der Waals surface area contributed by atoms with E-state index in [2.05, 4.69) is 10.1 Å². The number of carbonyl (C=O) groups is 3. The summed E-state index contributed by atoms with van der Waals surface area (Å²) in [6.07, 6.45) is 0.539. The Morgan fingerprint density at radius 2 is 2.00 bits per heavy atom. The van der Waals surface area contributed by atoms with E-state index in [-0.39, 0.29) is 5.91 Å². The zero-order chi connectivity index (χ0) is 16.1. The molecular formula is C15H19N3O4. The molecule has 1 aromatic rings. The Labute approximate surface area is 128 Å². The Balaban J connectivity index is 2.26. The molecule has 3 amide bonds. The summed E-state index contributed by atoms with van der Waals surface area (Å²) in [6, 6.07) is 7.27. The largest absolute Gasteiger partial charge is 0.453 e. The van der Waals surface area contributed by atoms with Crippen molar-refractivity contribution in [3.05, 3.63) is 35.9 Å². The lowest BCUT2D eigenvalue weighted by atomic mass is 10.1. The summed E-state index contributed by atoms with van der Waals surface area (Å²) in [6.45, 7) is 0.443. The van der Waals surface area contributed by atoms with Crippen molar-refractivity contribution >= 4 is 17.9 Å². The average molecular weight is 305 g/mol. The van der Waals surface area contributed by atoms with Crippen LogP contribution in [0.15, 0.2) is 30.3 Å². The Hall–Kier alpha value is -2.57. The number of alkyl carbamates (subject to hydrolysis) is 1. The fourth-order valence-electron chi connectivity index (χ4n) is 2.60. The van der Waals surface area contributed by atoms with Crippen LogP contribution in [0.2, 0.25) is 0 Å². The second kappa shape index (κ2) is 6.93. The molecule has 0 aliphatic carbocycles. The Morgan fingerprint density at radius 3 is 2.59 bits per heavy atom. The van der Waals surface area contributed by atoms with E-state index in [0.717, 1.165) is 0 Å². The number of nitrogens with one attached hydrogen (secondary N) is 1. The number of nitrogens with zero attached hydrogens (tertiary/aromatic N) is 1. The minimum Gasteiger partial charge on any atom is -0.453 e. The Kier molecular flexibility index (Phi) is 4.98. The quantitative estimate of drug-likeness (QED) is 0.848. The summed E-state index contributed by atoms with van der Waals surface area (Å²) < 4.78 is 4.58. The highest BCUT2D eigenvalue weighted by molar-refractivity contribution is 5.92. The van der Waals surface area contributed by atoms with Crippen LogP contribution in [0, 0.1) is 0 Å².